The van der Waals surface area contributed by atoms with Crippen molar-refractivity contribution in [3.63, 3.8) is 0 Å². The molecule has 2 nitrogen and oxygen atoms in total. The molecule has 7 heavy (non-hydrogen) atoms. The second kappa shape index (κ2) is 114. The van der Waals surface area contributed by atoms with Gasteiger partial charge in [-0.2, -0.15) is 0 Å². The first-order valence-electron chi connectivity index (χ1n) is 0. The molecule has 0 aliphatic rings. The van der Waals surface area contributed by atoms with Gasteiger partial charge in [-0.15, -0.1) is 0 Å². The van der Waals surface area contributed by atoms with Crippen LogP contribution in [-0.2, 0) is 21.1 Å². The molecule has 0 rings (SSSR count). The van der Waals surface area contributed by atoms with Gasteiger partial charge in [-0.1, -0.05) is 0 Å². The number of hydrogen-bond acceptors (Lipinski definition) is 0. The van der Waals surface area contributed by atoms with E-state index in [1.807, 2.05) is 0 Å². The summed E-state index contributed by atoms with van der Waals surface area (Å²) in [5.41, 5.74) is 0. The topological polar surface area (TPSA) is 73.0 Å². The van der Waals surface area contributed by atoms with Crippen molar-refractivity contribution in [2.24, 2.45) is 0 Å². The summed E-state index contributed by atoms with van der Waals surface area (Å²) in [6, 6.07) is 0. The van der Waals surface area contributed by atoms with Crippen molar-refractivity contribution in [3.8, 4) is 0 Å². The molecule has 0 aromatic rings. The third kappa shape index (κ3) is 82.7. The molecule has 0 aromatic heterocycles. The first-order valence-corrected chi connectivity index (χ1v) is 0. The largest absolute Gasteiger partial charge is 2.00 e. The van der Waals surface area contributed by atoms with E-state index in [0.29, 0.717) is 0 Å². The zero-order valence-electron chi connectivity index (χ0n) is 3.83. The molecule has 0 unspecified atom stereocenters. The standard InChI is InChI=1S/4ClH.2H3N.Pt/h4*1H;2*1H3;/q;;;;;;+2/p-2. The number of hydrogen-bond donors (Lipinski definition) is 2. The average molecular weight is 373 g/mol. The van der Waals surface area contributed by atoms with Gasteiger partial charge in [0.15, 0.2) is 0 Å². The van der Waals surface area contributed by atoms with Crippen LogP contribution in [0.5, 0.6) is 0 Å². The van der Waals surface area contributed by atoms with Gasteiger partial charge in [-0.05, 0) is 0 Å². The molecule has 0 atom stereocenters. The SMILES string of the molecule is [Cl-].[Cl-].[Cl-].[Cl-].[NH4+].[NH4+].[Pt+2]. The predicted octanol–water partition coefficient (Wildman–Crippen LogP) is -11.2. The van der Waals surface area contributed by atoms with Crippen molar-refractivity contribution in [2.45, 2.75) is 0 Å². The second-order valence-electron chi connectivity index (χ2n) is 0. The van der Waals surface area contributed by atoms with Gasteiger partial charge in [0.2, 0.25) is 0 Å². The molecular weight excluding hydrogens is 365 g/mol. The molecule has 0 amide bonds. The smallest absolute Gasteiger partial charge is 1.00 e. The summed E-state index contributed by atoms with van der Waals surface area (Å²) in [6.07, 6.45) is 0. The molecule has 0 heterocycles. The van der Waals surface area contributed by atoms with Crippen LogP contribution < -0.4 is 61.9 Å². The minimum atomic E-state index is 0. The normalized spacial score (nSPS) is 0. The quantitative estimate of drug-likeness (QED) is 0.424. The Morgan fingerprint density at radius 2 is 0.429 bits per heavy atom. The Balaban J connectivity index is 0. The van der Waals surface area contributed by atoms with Crippen molar-refractivity contribution in [2.75, 3.05) is 0 Å². The molecule has 0 aliphatic carbocycles. The minimum absolute atomic E-state index is 0. The van der Waals surface area contributed by atoms with Gasteiger partial charge in [-0.25, -0.2) is 0 Å². The van der Waals surface area contributed by atoms with Crippen LogP contribution >= 0.6 is 0 Å². The molecule has 7 heteroatoms. The second-order valence-corrected chi connectivity index (χ2v) is 0. The van der Waals surface area contributed by atoms with E-state index in [1.54, 1.807) is 0 Å². The molecule has 0 saturated carbocycles. The van der Waals surface area contributed by atoms with E-state index in [2.05, 4.69) is 0 Å². The van der Waals surface area contributed by atoms with Gasteiger partial charge in [0.05, 0.1) is 0 Å². The molecule has 0 aliphatic heterocycles. The molecule has 0 saturated heterocycles. The molecule has 56 valence electrons. The van der Waals surface area contributed by atoms with E-state index in [9.17, 15) is 0 Å². The van der Waals surface area contributed by atoms with Crippen molar-refractivity contribution in [1.29, 1.82) is 0 Å². The number of quaternary nitrogens is 2. The van der Waals surface area contributed by atoms with E-state index in [1.165, 1.54) is 0 Å². The van der Waals surface area contributed by atoms with E-state index < -0.39 is 0 Å². The average Bonchev–Trinajstić information content (AvgIpc) is 0. The van der Waals surface area contributed by atoms with Crippen LogP contribution in [0.4, 0.5) is 0 Å². The minimum Gasteiger partial charge on any atom is -1.00 e. The maximum Gasteiger partial charge on any atom is 2.00 e. The Bertz CT molecular complexity index is 9.65. The Morgan fingerprint density at radius 3 is 0.429 bits per heavy atom. The molecular formula is H8Cl4N2Pt. The first-order chi connectivity index (χ1) is 0. The fraction of sp³-hybridized carbons (Fsp3) is 0. The molecule has 0 bridgehead atoms. The maximum atomic E-state index is 0. The summed E-state index contributed by atoms with van der Waals surface area (Å²) >= 11 is 0. The molecule has 0 aromatic carbocycles. The molecule has 0 spiro atoms. The summed E-state index contributed by atoms with van der Waals surface area (Å²) in [7, 11) is 0. The fourth-order valence-electron chi connectivity index (χ4n) is 0. The number of halogens is 4. The van der Waals surface area contributed by atoms with Crippen molar-refractivity contribution in [3.05, 3.63) is 0 Å². The van der Waals surface area contributed by atoms with Crippen LogP contribution in [0.2, 0.25) is 0 Å². The molecule has 0 radical (unpaired) electrons. The Hall–Kier alpha value is 1.77. The van der Waals surface area contributed by atoms with Gasteiger partial charge in [0.1, 0.15) is 0 Å². The van der Waals surface area contributed by atoms with Crippen LogP contribution in [0.3, 0.4) is 0 Å². The van der Waals surface area contributed by atoms with Gasteiger partial charge in [0, 0.05) is 0 Å². The van der Waals surface area contributed by atoms with E-state index in [-0.39, 0.29) is 83.0 Å². The number of rotatable bonds is 0. The Labute approximate surface area is 82.6 Å². The summed E-state index contributed by atoms with van der Waals surface area (Å²) in [5, 5.41) is 0. The molecule has 0 fully saturated rings. The zero-order chi connectivity index (χ0) is 0. The van der Waals surface area contributed by atoms with Gasteiger partial charge >= 0.3 is 21.1 Å². The third-order valence-corrected chi connectivity index (χ3v) is 0. The van der Waals surface area contributed by atoms with Crippen molar-refractivity contribution in [1.82, 2.24) is 12.3 Å². The van der Waals surface area contributed by atoms with E-state index in [0.717, 1.165) is 0 Å². The van der Waals surface area contributed by atoms with Gasteiger partial charge in [0.25, 0.3) is 0 Å². The van der Waals surface area contributed by atoms with Crippen LogP contribution in [0.25, 0.3) is 0 Å². The van der Waals surface area contributed by atoms with Gasteiger partial charge in [-0.3, -0.25) is 0 Å². The van der Waals surface area contributed by atoms with Crippen molar-refractivity contribution < 1.29 is 70.7 Å². The summed E-state index contributed by atoms with van der Waals surface area (Å²) < 4.78 is 0. The van der Waals surface area contributed by atoms with Crippen LogP contribution in [0.1, 0.15) is 0 Å². The third-order valence-electron chi connectivity index (χ3n) is 0. The fourth-order valence-corrected chi connectivity index (χ4v) is 0. The van der Waals surface area contributed by atoms with Crippen LogP contribution in [0, 0.1) is 0 Å². The summed E-state index contributed by atoms with van der Waals surface area (Å²) in [4.78, 5) is 0. The van der Waals surface area contributed by atoms with E-state index >= 15 is 0 Å². The molecule has 8 N–H and O–H groups in total. The Kier molecular flexibility index (Phi) is 2750. The zero-order valence-corrected chi connectivity index (χ0v) is 9.12. The summed E-state index contributed by atoms with van der Waals surface area (Å²) in [6.45, 7) is 0. The Morgan fingerprint density at radius 1 is 0.429 bits per heavy atom. The van der Waals surface area contributed by atoms with Gasteiger partial charge < -0.3 is 61.9 Å². The van der Waals surface area contributed by atoms with Crippen molar-refractivity contribution >= 4 is 0 Å². The van der Waals surface area contributed by atoms with E-state index in [4.69, 9.17) is 0 Å². The summed E-state index contributed by atoms with van der Waals surface area (Å²) in [5.74, 6) is 0. The monoisotopic (exact) mass is 371 g/mol. The predicted molar refractivity (Wildman–Crippen MR) is 12.0 cm³/mol. The van der Waals surface area contributed by atoms with Crippen LogP contribution in [0.15, 0.2) is 0 Å². The maximum absolute atomic E-state index is 0. The first kappa shape index (κ1) is 169. The van der Waals surface area contributed by atoms with Crippen LogP contribution in [-0.4, -0.2) is 0 Å².